The van der Waals surface area contributed by atoms with Crippen LogP contribution in [0, 0.1) is 13.8 Å². The summed E-state index contributed by atoms with van der Waals surface area (Å²) >= 11 is 0. The fourth-order valence-electron chi connectivity index (χ4n) is 3.56. The summed E-state index contributed by atoms with van der Waals surface area (Å²) in [6.45, 7) is 4.40. The molecule has 0 amide bonds. The normalized spacial score (nSPS) is 31.9. The predicted octanol–water partition coefficient (Wildman–Crippen LogP) is 2.80. The molecule has 0 saturated carbocycles. The van der Waals surface area contributed by atoms with Gasteiger partial charge in [0.15, 0.2) is 0 Å². The lowest BCUT2D eigenvalue weighted by molar-refractivity contribution is 0.126. The van der Waals surface area contributed by atoms with Gasteiger partial charge in [-0.15, -0.1) is 0 Å². The highest BCUT2D eigenvalue weighted by Gasteiger charge is 2.40. The zero-order valence-corrected chi connectivity index (χ0v) is 10.7. The maximum Gasteiger partial charge on any atom is 0.0579 e. The molecule has 0 radical (unpaired) electrons. The number of aliphatic hydroxyl groups is 1. The van der Waals surface area contributed by atoms with E-state index in [-0.39, 0.29) is 6.10 Å². The number of anilines is 1. The van der Waals surface area contributed by atoms with Crippen LogP contribution in [0.4, 0.5) is 5.69 Å². The van der Waals surface area contributed by atoms with E-state index in [1.165, 1.54) is 29.7 Å². The van der Waals surface area contributed by atoms with Gasteiger partial charge in [-0.3, -0.25) is 0 Å². The van der Waals surface area contributed by atoms with Crippen molar-refractivity contribution in [3.63, 3.8) is 0 Å². The van der Waals surface area contributed by atoms with Crippen LogP contribution in [0.25, 0.3) is 0 Å². The van der Waals surface area contributed by atoms with Crippen LogP contribution < -0.4 is 4.90 Å². The topological polar surface area (TPSA) is 23.5 Å². The third-order valence-corrected chi connectivity index (χ3v) is 4.56. The van der Waals surface area contributed by atoms with Gasteiger partial charge in [-0.25, -0.2) is 0 Å². The second-order valence-electron chi connectivity index (χ2n) is 5.64. The first-order chi connectivity index (χ1) is 8.16. The molecule has 92 valence electrons. The van der Waals surface area contributed by atoms with E-state index in [1.54, 1.807) is 0 Å². The molecular weight excluding hydrogens is 210 g/mol. The smallest absolute Gasteiger partial charge is 0.0579 e. The zero-order valence-electron chi connectivity index (χ0n) is 10.7. The second-order valence-corrected chi connectivity index (χ2v) is 5.64. The van der Waals surface area contributed by atoms with Crippen molar-refractivity contribution < 1.29 is 5.11 Å². The van der Waals surface area contributed by atoms with Crippen molar-refractivity contribution in [2.24, 2.45) is 0 Å². The summed E-state index contributed by atoms with van der Waals surface area (Å²) in [7, 11) is 0. The van der Waals surface area contributed by atoms with Crippen molar-refractivity contribution in [3.8, 4) is 0 Å². The SMILES string of the molecule is Cc1cccc(N2C3CCC2CC(O)C3)c1C. The van der Waals surface area contributed by atoms with Gasteiger partial charge in [-0.2, -0.15) is 0 Å². The molecule has 1 N–H and O–H groups in total. The summed E-state index contributed by atoms with van der Waals surface area (Å²) in [5, 5.41) is 9.85. The van der Waals surface area contributed by atoms with Gasteiger partial charge in [0.25, 0.3) is 0 Å². The lowest BCUT2D eigenvalue weighted by Gasteiger charge is -2.40. The largest absolute Gasteiger partial charge is 0.393 e. The molecule has 2 fully saturated rings. The van der Waals surface area contributed by atoms with Crippen molar-refractivity contribution in [2.75, 3.05) is 4.90 Å². The third-order valence-electron chi connectivity index (χ3n) is 4.56. The van der Waals surface area contributed by atoms with Crippen molar-refractivity contribution in [1.29, 1.82) is 0 Å². The maximum absolute atomic E-state index is 9.85. The number of hydrogen-bond donors (Lipinski definition) is 1. The van der Waals surface area contributed by atoms with Gasteiger partial charge in [0.1, 0.15) is 0 Å². The van der Waals surface area contributed by atoms with Gasteiger partial charge in [0.2, 0.25) is 0 Å². The second kappa shape index (κ2) is 4.02. The van der Waals surface area contributed by atoms with Gasteiger partial charge in [-0.05, 0) is 56.7 Å². The molecular formula is C15H21NO. The minimum atomic E-state index is -0.0751. The molecule has 1 aromatic rings. The average molecular weight is 231 g/mol. The Hall–Kier alpha value is -1.02. The Kier molecular flexibility index (Phi) is 2.62. The summed E-state index contributed by atoms with van der Waals surface area (Å²) in [4.78, 5) is 2.58. The molecule has 2 aliphatic rings. The first-order valence-electron chi connectivity index (χ1n) is 6.69. The molecule has 2 aliphatic heterocycles. The monoisotopic (exact) mass is 231 g/mol. The van der Waals surface area contributed by atoms with Crippen LogP contribution >= 0.6 is 0 Å². The number of fused-ring (bicyclic) bond motifs is 2. The fourth-order valence-corrected chi connectivity index (χ4v) is 3.56. The molecule has 3 rings (SSSR count). The number of rotatable bonds is 1. The number of aryl methyl sites for hydroxylation is 1. The van der Waals surface area contributed by atoms with Crippen LogP contribution in [-0.4, -0.2) is 23.3 Å². The Balaban J connectivity index is 1.97. The summed E-state index contributed by atoms with van der Waals surface area (Å²) in [6, 6.07) is 7.70. The Morgan fingerprint density at radius 1 is 1.12 bits per heavy atom. The number of piperidine rings is 1. The fraction of sp³-hybridized carbons (Fsp3) is 0.600. The highest BCUT2D eigenvalue weighted by atomic mass is 16.3. The Labute approximate surface area is 103 Å². The lowest BCUT2D eigenvalue weighted by Crippen LogP contribution is -2.45. The molecule has 2 bridgehead atoms. The molecule has 0 aliphatic carbocycles. The molecule has 2 heterocycles. The van der Waals surface area contributed by atoms with E-state index >= 15 is 0 Å². The number of aliphatic hydroxyl groups excluding tert-OH is 1. The van der Waals surface area contributed by atoms with E-state index in [0.29, 0.717) is 12.1 Å². The molecule has 2 atom stereocenters. The number of hydrogen-bond acceptors (Lipinski definition) is 2. The molecule has 2 nitrogen and oxygen atoms in total. The summed E-state index contributed by atoms with van der Waals surface area (Å²) in [5.74, 6) is 0. The van der Waals surface area contributed by atoms with Gasteiger partial charge in [0.05, 0.1) is 6.10 Å². The van der Waals surface area contributed by atoms with Crippen molar-refractivity contribution in [2.45, 2.75) is 57.7 Å². The van der Waals surface area contributed by atoms with Gasteiger partial charge >= 0.3 is 0 Å². The molecule has 17 heavy (non-hydrogen) atoms. The zero-order chi connectivity index (χ0) is 12.0. The minimum Gasteiger partial charge on any atom is -0.393 e. The van der Waals surface area contributed by atoms with Crippen LogP contribution in [0.3, 0.4) is 0 Å². The van der Waals surface area contributed by atoms with Crippen molar-refractivity contribution in [1.82, 2.24) is 0 Å². The van der Waals surface area contributed by atoms with Crippen LogP contribution in [-0.2, 0) is 0 Å². The minimum absolute atomic E-state index is 0.0751. The van der Waals surface area contributed by atoms with Crippen LogP contribution in [0.2, 0.25) is 0 Å². The van der Waals surface area contributed by atoms with Crippen LogP contribution in [0.1, 0.15) is 36.8 Å². The van der Waals surface area contributed by atoms with Crippen molar-refractivity contribution >= 4 is 5.69 Å². The summed E-state index contributed by atoms with van der Waals surface area (Å²) < 4.78 is 0. The highest BCUT2D eigenvalue weighted by Crippen LogP contribution is 2.40. The van der Waals surface area contributed by atoms with E-state index in [4.69, 9.17) is 0 Å². The summed E-state index contributed by atoms with van der Waals surface area (Å²) in [6.07, 6.45) is 4.31. The highest BCUT2D eigenvalue weighted by molar-refractivity contribution is 5.58. The molecule has 0 spiro atoms. The van der Waals surface area contributed by atoms with Crippen molar-refractivity contribution in [3.05, 3.63) is 29.3 Å². The quantitative estimate of drug-likeness (QED) is 0.803. The predicted molar refractivity (Wildman–Crippen MR) is 70.4 cm³/mol. The molecule has 1 aromatic carbocycles. The molecule has 0 aromatic heterocycles. The van der Waals surface area contributed by atoms with Gasteiger partial charge < -0.3 is 10.0 Å². The Morgan fingerprint density at radius 3 is 2.41 bits per heavy atom. The standard InChI is InChI=1S/C15H21NO/c1-10-4-3-5-15(11(10)2)16-12-6-7-13(16)9-14(17)8-12/h3-5,12-14,17H,6-9H2,1-2H3. The van der Waals surface area contributed by atoms with E-state index in [0.717, 1.165) is 12.8 Å². The Bertz CT molecular complexity index is 415. The van der Waals surface area contributed by atoms with Crippen LogP contribution in [0.5, 0.6) is 0 Å². The van der Waals surface area contributed by atoms with E-state index < -0.39 is 0 Å². The molecule has 2 unspecified atom stereocenters. The molecule has 2 heteroatoms. The van der Waals surface area contributed by atoms with E-state index in [1.807, 2.05) is 0 Å². The van der Waals surface area contributed by atoms with Gasteiger partial charge in [-0.1, -0.05) is 12.1 Å². The maximum atomic E-state index is 9.85. The average Bonchev–Trinajstić information content (AvgIpc) is 2.55. The number of benzene rings is 1. The van der Waals surface area contributed by atoms with E-state index in [2.05, 4.69) is 36.9 Å². The Morgan fingerprint density at radius 2 is 1.76 bits per heavy atom. The van der Waals surface area contributed by atoms with Crippen LogP contribution in [0.15, 0.2) is 18.2 Å². The third kappa shape index (κ3) is 1.75. The number of nitrogens with zero attached hydrogens (tertiary/aromatic N) is 1. The lowest BCUT2D eigenvalue weighted by atomic mass is 9.97. The van der Waals surface area contributed by atoms with Gasteiger partial charge in [0, 0.05) is 17.8 Å². The molecule has 2 saturated heterocycles. The summed E-state index contributed by atoms with van der Waals surface area (Å²) in [5.41, 5.74) is 4.17. The first kappa shape index (κ1) is 11.1. The first-order valence-corrected chi connectivity index (χ1v) is 6.69. The van der Waals surface area contributed by atoms with E-state index in [9.17, 15) is 5.11 Å².